The Morgan fingerprint density at radius 1 is 1.00 bits per heavy atom. The second kappa shape index (κ2) is 4.50. The van der Waals surface area contributed by atoms with Crippen LogP contribution in [0.25, 0.3) is 16.7 Å². The molecule has 3 aromatic rings. The number of benzene rings is 1. The summed E-state index contributed by atoms with van der Waals surface area (Å²) in [6, 6.07) is 9.22. The topological polar surface area (TPSA) is 82.4 Å². The van der Waals surface area contributed by atoms with Crippen molar-refractivity contribution in [2.75, 3.05) is 0 Å². The summed E-state index contributed by atoms with van der Waals surface area (Å²) in [4.78, 5) is 35.9. The smallest absolute Gasteiger partial charge is 0.410 e. The Morgan fingerprint density at radius 3 is 2.40 bits per heavy atom. The fraction of sp³-hybridized carbons (Fsp3) is 0. The van der Waals surface area contributed by atoms with Gasteiger partial charge in [-0.3, -0.25) is 4.79 Å². The monoisotopic (exact) mass is 291 g/mol. The zero-order valence-corrected chi connectivity index (χ0v) is 10.6. The normalized spacial score (nSPS) is 10.8. The highest BCUT2D eigenvalue weighted by Gasteiger charge is 2.16. The Bertz CT molecular complexity index is 968. The Hall–Kier alpha value is -2.60. The molecule has 0 unspecified atom stereocenters. The van der Waals surface area contributed by atoms with Crippen molar-refractivity contribution in [1.29, 1.82) is 0 Å². The fourth-order valence-corrected chi connectivity index (χ4v) is 2.02. The maximum Gasteiger partial charge on any atom is 0.427 e. The lowest BCUT2D eigenvalue weighted by Gasteiger charge is -2.04. The van der Waals surface area contributed by atoms with Crippen LogP contribution in [0.3, 0.4) is 0 Å². The van der Waals surface area contributed by atoms with Gasteiger partial charge in [0.2, 0.25) is 5.22 Å². The fourth-order valence-electron chi connectivity index (χ4n) is 1.85. The standard InChI is InChI=1S/C13H6ClNO5/c14-9-6-8-10(12(17)20-9)11(16)15(13(18)19-8)7-4-2-1-3-5-7/h1-6H. The first-order valence-corrected chi connectivity index (χ1v) is 5.90. The average Bonchev–Trinajstić information content (AvgIpc) is 2.38. The third-order valence-corrected chi connectivity index (χ3v) is 2.88. The number of para-hydroxylation sites is 1. The zero-order valence-electron chi connectivity index (χ0n) is 9.83. The van der Waals surface area contributed by atoms with E-state index in [4.69, 9.17) is 16.0 Å². The quantitative estimate of drug-likeness (QED) is 0.679. The molecule has 0 bridgehead atoms. The first-order chi connectivity index (χ1) is 9.58. The van der Waals surface area contributed by atoms with E-state index in [2.05, 4.69) is 4.42 Å². The molecule has 2 aromatic heterocycles. The molecule has 0 saturated heterocycles. The van der Waals surface area contributed by atoms with Crippen molar-refractivity contribution in [3.63, 3.8) is 0 Å². The molecule has 6 nitrogen and oxygen atoms in total. The van der Waals surface area contributed by atoms with Gasteiger partial charge in [0.1, 0.15) is 0 Å². The number of nitrogens with zero attached hydrogens (tertiary/aromatic N) is 1. The average molecular weight is 292 g/mol. The van der Waals surface area contributed by atoms with E-state index < -0.39 is 16.9 Å². The van der Waals surface area contributed by atoms with E-state index in [0.717, 1.165) is 10.6 Å². The molecule has 7 heteroatoms. The summed E-state index contributed by atoms with van der Waals surface area (Å²) in [6.45, 7) is 0. The molecular weight excluding hydrogens is 286 g/mol. The summed E-state index contributed by atoms with van der Waals surface area (Å²) in [5.74, 6) is -0.907. The lowest BCUT2D eigenvalue weighted by molar-refractivity contribution is 0.481. The van der Waals surface area contributed by atoms with Gasteiger partial charge in [0.15, 0.2) is 11.0 Å². The first-order valence-electron chi connectivity index (χ1n) is 5.53. The van der Waals surface area contributed by atoms with Crippen molar-refractivity contribution < 1.29 is 8.83 Å². The summed E-state index contributed by atoms with van der Waals surface area (Å²) in [5, 5.41) is -0.625. The van der Waals surface area contributed by atoms with E-state index in [0.29, 0.717) is 5.69 Å². The van der Waals surface area contributed by atoms with Crippen LogP contribution in [0.5, 0.6) is 0 Å². The molecule has 3 rings (SSSR count). The van der Waals surface area contributed by atoms with Crippen LogP contribution >= 0.6 is 11.6 Å². The van der Waals surface area contributed by atoms with E-state index in [-0.39, 0.29) is 16.2 Å². The molecule has 0 aliphatic carbocycles. The van der Waals surface area contributed by atoms with Crippen LogP contribution < -0.4 is 16.9 Å². The predicted octanol–water partition coefficient (Wildman–Crippen LogP) is 1.55. The summed E-state index contributed by atoms with van der Waals surface area (Å²) in [5.41, 5.74) is -1.67. The molecule has 0 radical (unpaired) electrons. The van der Waals surface area contributed by atoms with Gasteiger partial charge in [-0.25, -0.2) is 14.2 Å². The van der Waals surface area contributed by atoms with Gasteiger partial charge < -0.3 is 8.83 Å². The zero-order chi connectivity index (χ0) is 14.3. The number of fused-ring (bicyclic) bond motifs is 1. The number of hydrogen-bond acceptors (Lipinski definition) is 5. The van der Waals surface area contributed by atoms with Crippen LogP contribution in [0, 0.1) is 0 Å². The van der Waals surface area contributed by atoms with Gasteiger partial charge >= 0.3 is 11.4 Å². The SMILES string of the molecule is O=c1oc(Cl)cc2oc(=O)n(-c3ccccc3)c(=O)c12. The van der Waals surface area contributed by atoms with Gasteiger partial charge in [0.05, 0.1) is 5.69 Å². The predicted molar refractivity (Wildman–Crippen MR) is 71.6 cm³/mol. The van der Waals surface area contributed by atoms with E-state index in [1.807, 2.05) is 0 Å². The minimum Gasteiger partial charge on any atom is -0.410 e. The molecule has 0 spiro atoms. The van der Waals surface area contributed by atoms with Crippen molar-refractivity contribution in [2.45, 2.75) is 0 Å². The maximum absolute atomic E-state index is 12.3. The molecule has 100 valence electrons. The lowest BCUT2D eigenvalue weighted by Crippen LogP contribution is -2.33. The van der Waals surface area contributed by atoms with Crippen molar-refractivity contribution in [3.05, 3.63) is 72.9 Å². The Kier molecular flexibility index (Phi) is 2.80. The van der Waals surface area contributed by atoms with Crippen LogP contribution in [0.4, 0.5) is 0 Å². The molecule has 2 heterocycles. The van der Waals surface area contributed by atoms with Gasteiger partial charge in [-0.05, 0) is 23.7 Å². The molecule has 0 aliphatic heterocycles. The van der Waals surface area contributed by atoms with Crippen molar-refractivity contribution in [3.8, 4) is 5.69 Å². The van der Waals surface area contributed by atoms with Crippen molar-refractivity contribution >= 4 is 22.6 Å². The molecular formula is C13H6ClNO5. The number of halogens is 1. The number of aromatic nitrogens is 1. The minimum absolute atomic E-state index is 0.201. The second-order valence-electron chi connectivity index (χ2n) is 3.92. The molecule has 0 amide bonds. The van der Waals surface area contributed by atoms with Crippen LogP contribution in [0.2, 0.25) is 5.22 Å². The van der Waals surface area contributed by atoms with Crippen LogP contribution in [0.1, 0.15) is 0 Å². The lowest BCUT2D eigenvalue weighted by atomic mass is 10.3. The van der Waals surface area contributed by atoms with Crippen molar-refractivity contribution in [1.82, 2.24) is 4.57 Å². The van der Waals surface area contributed by atoms with Gasteiger partial charge in [-0.1, -0.05) is 18.2 Å². The summed E-state index contributed by atoms with van der Waals surface area (Å²) in [7, 11) is 0. The van der Waals surface area contributed by atoms with E-state index in [9.17, 15) is 14.4 Å². The highest BCUT2D eigenvalue weighted by atomic mass is 35.5. The van der Waals surface area contributed by atoms with Gasteiger partial charge in [-0.15, -0.1) is 0 Å². The summed E-state index contributed by atoms with van der Waals surface area (Å²) >= 11 is 5.55. The number of rotatable bonds is 1. The Labute approximate surface area is 115 Å². The largest absolute Gasteiger partial charge is 0.427 e. The third kappa shape index (κ3) is 1.86. The molecule has 0 fully saturated rings. The molecule has 1 aromatic carbocycles. The minimum atomic E-state index is -0.953. The molecule has 0 aliphatic rings. The van der Waals surface area contributed by atoms with Gasteiger partial charge in [0.25, 0.3) is 5.56 Å². The summed E-state index contributed by atoms with van der Waals surface area (Å²) < 4.78 is 10.3. The van der Waals surface area contributed by atoms with Crippen LogP contribution in [0.15, 0.2) is 59.6 Å². The first kappa shape index (κ1) is 12.4. The highest BCUT2D eigenvalue weighted by molar-refractivity contribution is 6.29. The highest BCUT2D eigenvalue weighted by Crippen LogP contribution is 2.12. The number of hydrogen-bond donors (Lipinski definition) is 0. The van der Waals surface area contributed by atoms with E-state index >= 15 is 0 Å². The maximum atomic E-state index is 12.3. The Morgan fingerprint density at radius 2 is 1.70 bits per heavy atom. The third-order valence-electron chi connectivity index (χ3n) is 2.70. The Balaban J connectivity index is 2.51. The molecule has 0 saturated carbocycles. The van der Waals surface area contributed by atoms with Crippen LogP contribution in [-0.2, 0) is 0 Å². The van der Waals surface area contributed by atoms with Crippen LogP contribution in [-0.4, -0.2) is 4.57 Å². The van der Waals surface area contributed by atoms with Gasteiger partial charge in [-0.2, -0.15) is 0 Å². The molecule has 0 N–H and O–H groups in total. The van der Waals surface area contributed by atoms with E-state index in [1.165, 1.54) is 0 Å². The van der Waals surface area contributed by atoms with Crippen molar-refractivity contribution in [2.24, 2.45) is 0 Å². The van der Waals surface area contributed by atoms with E-state index in [1.54, 1.807) is 30.3 Å². The molecule has 0 atom stereocenters. The molecule has 20 heavy (non-hydrogen) atoms. The van der Waals surface area contributed by atoms with Gasteiger partial charge in [0, 0.05) is 6.07 Å². The summed E-state index contributed by atoms with van der Waals surface area (Å²) in [6.07, 6.45) is 0. The second-order valence-corrected chi connectivity index (χ2v) is 4.29.